The van der Waals surface area contributed by atoms with Crippen molar-refractivity contribution in [3.63, 3.8) is 0 Å². The molecule has 1 aromatic carbocycles. The van der Waals surface area contributed by atoms with Crippen molar-refractivity contribution in [2.24, 2.45) is 17.4 Å². The number of hydrogen-bond acceptors (Lipinski definition) is 8. The number of aliphatic carboxylic acids is 1. The first-order valence-electron chi connectivity index (χ1n) is 12.0. The topological polar surface area (TPSA) is 197 Å². The Bertz CT molecular complexity index is 867. The molecule has 0 aliphatic heterocycles. The first-order valence-corrected chi connectivity index (χ1v) is 12.6. The predicted octanol–water partition coefficient (Wildman–Crippen LogP) is -0.0941. The van der Waals surface area contributed by atoms with Crippen molar-refractivity contribution in [3.05, 3.63) is 29.8 Å². The molecule has 9 N–H and O–H groups in total. The predicted molar refractivity (Wildman–Crippen MR) is 139 cm³/mol. The number of carboxylic acid groups (broad SMARTS) is 1. The summed E-state index contributed by atoms with van der Waals surface area (Å²) in [6.07, 6.45) is 1.67. The van der Waals surface area contributed by atoms with E-state index >= 15 is 0 Å². The van der Waals surface area contributed by atoms with Gasteiger partial charge in [0, 0.05) is 12.2 Å². The number of aromatic hydroxyl groups is 1. The summed E-state index contributed by atoms with van der Waals surface area (Å²) in [7, 11) is 0. The molecule has 0 heterocycles. The molecule has 1 aromatic rings. The summed E-state index contributed by atoms with van der Waals surface area (Å²) < 4.78 is 0. The molecule has 0 fully saturated rings. The molecule has 11 nitrogen and oxygen atoms in total. The molecule has 4 unspecified atom stereocenters. The lowest BCUT2D eigenvalue weighted by atomic mass is 10.0. The summed E-state index contributed by atoms with van der Waals surface area (Å²) in [6.45, 7) is 4.17. The van der Waals surface area contributed by atoms with Gasteiger partial charge >= 0.3 is 5.97 Å². The highest BCUT2D eigenvalue weighted by molar-refractivity contribution is 7.80. The lowest BCUT2D eigenvalue weighted by molar-refractivity contribution is -0.142. The molecule has 0 aromatic heterocycles. The summed E-state index contributed by atoms with van der Waals surface area (Å²) in [5, 5.41) is 26.9. The van der Waals surface area contributed by atoms with Crippen molar-refractivity contribution < 1.29 is 29.4 Å². The van der Waals surface area contributed by atoms with E-state index in [9.17, 15) is 29.4 Å². The SMILES string of the molecule is CC(C)CC(NC(=O)C(N)CS)C(=O)NC(CCCCN)C(=O)NC(Cc1ccc(O)cc1)C(=O)O. The van der Waals surface area contributed by atoms with E-state index in [1.807, 2.05) is 13.8 Å². The molecule has 0 bridgehead atoms. The van der Waals surface area contributed by atoms with E-state index in [0.717, 1.165) is 0 Å². The lowest BCUT2D eigenvalue weighted by Gasteiger charge is -2.26. The maximum Gasteiger partial charge on any atom is 0.326 e. The number of carbonyl (C=O) groups is 4. The van der Waals surface area contributed by atoms with Crippen molar-refractivity contribution in [2.45, 2.75) is 70.1 Å². The fourth-order valence-corrected chi connectivity index (χ4v) is 3.60. The van der Waals surface area contributed by atoms with Gasteiger partial charge in [0.15, 0.2) is 0 Å². The Morgan fingerprint density at radius 1 is 0.917 bits per heavy atom. The van der Waals surface area contributed by atoms with Crippen LogP contribution in [-0.4, -0.2) is 70.4 Å². The number of unbranched alkanes of at least 4 members (excludes halogenated alkanes) is 1. The monoisotopic (exact) mass is 525 g/mol. The average Bonchev–Trinajstić information content (AvgIpc) is 2.82. The molecule has 3 amide bonds. The Labute approximate surface area is 217 Å². The third-order valence-corrected chi connectivity index (χ3v) is 5.84. The molecular formula is C24H39N5O6S. The smallest absolute Gasteiger partial charge is 0.326 e. The van der Waals surface area contributed by atoms with Crippen LogP contribution in [0.15, 0.2) is 24.3 Å². The molecule has 0 saturated heterocycles. The minimum absolute atomic E-state index is 0.0154. The number of amides is 3. The highest BCUT2D eigenvalue weighted by Gasteiger charge is 2.30. The Balaban J connectivity index is 3.01. The zero-order chi connectivity index (χ0) is 27.3. The number of hydrogen-bond donors (Lipinski definition) is 8. The quantitative estimate of drug-likeness (QED) is 0.108. The van der Waals surface area contributed by atoms with Gasteiger partial charge in [0.25, 0.3) is 0 Å². The molecule has 1 rings (SSSR count). The van der Waals surface area contributed by atoms with Crippen molar-refractivity contribution in [1.29, 1.82) is 0 Å². The van der Waals surface area contributed by atoms with Gasteiger partial charge in [-0.1, -0.05) is 26.0 Å². The van der Waals surface area contributed by atoms with Crippen LogP contribution in [0.5, 0.6) is 5.75 Å². The molecule has 0 saturated carbocycles. The van der Waals surface area contributed by atoms with Crippen LogP contribution >= 0.6 is 12.6 Å². The van der Waals surface area contributed by atoms with Crippen LogP contribution in [-0.2, 0) is 25.6 Å². The van der Waals surface area contributed by atoms with E-state index in [0.29, 0.717) is 31.4 Å². The molecule has 0 radical (unpaired) electrons. The fraction of sp³-hybridized carbons (Fsp3) is 0.583. The normalized spacial score (nSPS) is 14.4. The fourth-order valence-electron chi connectivity index (χ4n) is 3.44. The zero-order valence-corrected chi connectivity index (χ0v) is 21.7. The summed E-state index contributed by atoms with van der Waals surface area (Å²) in [5.41, 5.74) is 11.9. The zero-order valence-electron chi connectivity index (χ0n) is 20.8. The molecule has 0 aliphatic rings. The molecular weight excluding hydrogens is 486 g/mol. The van der Waals surface area contributed by atoms with Gasteiger partial charge in [-0.05, 0) is 55.8 Å². The Morgan fingerprint density at radius 2 is 1.47 bits per heavy atom. The van der Waals surface area contributed by atoms with Crippen LogP contribution in [0, 0.1) is 5.92 Å². The standard InChI is InChI=1S/C24H39N5O6S/c1-14(2)11-19(28-21(31)17(26)13-36)23(33)27-18(5-3-4-10-25)22(32)29-20(24(34)35)12-15-6-8-16(30)9-7-15/h6-9,14,17-20,30,36H,3-5,10-13,25-26H2,1-2H3,(H,27,33)(H,28,31)(H,29,32)(H,34,35). The van der Waals surface area contributed by atoms with Crippen LogP contribution in [0.4, 0.5) is 0 Å². The van der Waals surface area contributed by atoms with Gasteiger partial charge in [-0.15, -0.1) is 0 Å². The van der Waals surface area contributed by atoms with Crippen LogP contribution in [0.25, 0.3) is 0 Å². The Morgan fingerprint density at radius 3 is 2.00 bits per heavy atom. The van der Waals surface area contributed by atoms with Crippen molar-refractivity contribution in [1.82, 2.24) is 16.0 Å². The summed E-state index contributed by atoms with van der Waals surface area (Å²) in [4.78, 5) is 50.3. The number of rotatable bonds is 16. The van der Waals surface area contributed by atoms with Crippen molar-refractivity contribution in [2.75, 3.05) is 12.3 Å². The van der Waals surface area contributed by atoms with Crippen LogP contribution in [0.3, 0.4) is 0 Å². The molecule has 12 heteroatoms. The van der Waals surface area contributed by atoms with Gasteiger partial charge in [-0.3, -0.25) is 14.4 Å². The van der Waals surface area contributed by atoms with Crippen molar-refractivity contribution >= 4 is 36.3 Å². The second kappa shape index (κ2) is 16.0. The van der Waals surface area contributed by atoms with E-state index in [4.69, 9.17) is 11.5 Å². The number of benzene rings is 1. The first-order chi connectivity index (χ1) is 17.0. The number of phenols is 1. The second-order valence-corrected chi connectivity index (χ2v) is 9.46. The largest absolute Gasteiger partial charge is 0.508 e. The van der Waals surface area contributed by atoms with Gasteiger partial charge in [0.05, 0.1) is 6.04 Å². The third-order valence-electron chi connectivity index (χ3n) is 5.44. The first kappa shape index (κ1) is 31.2. The molecule has 0 aliphatic carbocycles. The van der Waals surface area contributed by atoms with Gasteiger partial charge in [-0.25, -0.2) is 4.79 Å². The highest BCUT2D eigenvalue weighted by Crippen LogP contribution is 2.12. The minimum atomic E-state index is -1.25. The number of nitrogens with two attached hydrogens (primary N) is 2. The molecule has 0 spiro atoms. The van der Waals surface area contributed by atoms with Gasteiger partial charge < -0.3 is 37.6 Å². The Kier molecular flexibility index (Phi) is 13.9. The molecule has 4 atom stereocenters. The van der Waals surface area contributed by atoms with E-state index in [1.54, 1.807) is 12.1 Å². The third kappa shape index (κ3) is 11.3. The van der Waals surface area contributed by atoms with E-state index in [2.05, 4.69) is 28.6 Å². The Hall–Kier alpha value is -2.83. The van der Waals surface area contributed by atoms with Crippen LogP contribution in [0.1, 0.15) is 45.1 Å². The number of thiol groups is 1. The number of phenolic OH excluding ortho intramolecular Hbond substituents is 1. The summed E-state index contributed by atoms with van der Waals surface area (Å²) >= 11 is 4.01. The highest BCUT2D eigenvalue weighted by atomic mass is 32.1. The minimum Gasteiger partial charge on any atom is -0.508 e. The van der Waals surface area contributed by atoms with Crippen molar-refractivity contribution in [3.8, 4) is 5.75 Å². The number of carboxylic acids is 1. The van der Waals surface area contributed by atoms with Gasteiger partial charge in [-0.2, -0.15) is 12.6 Å². The maximum atomic E-state index is 13.1. The second-order valence-electron chi connectivity index (χ2n) is 9.10. The van der Waals surface area contributed by atoms with Gasteiger partial charge in [0.1, 0.15) is 23.9 Å². The van der Waals surface area contributed by atoms with E-state index in [1.165, 1.54) is 12.1 Å². The summed E-state index contributed by atoms with van der Waals surface area (Å²) in [5.74, 6) is -2.81. The number of carbonyl (C=O) groups excluding carboxylic acids is 3. The van der Waals surface area contributed by atoms with Gasteiger partial charge in [0.2, 0.25) is 17.7 Å². The maximum absolute atomic E-state index is 13.1. The van der Waals surface area contributed by atoms with E-state index < -0.39 is 47.9 Å². The van der Waals surface area contributed by atoms with Crippen LogP contribution < -0.4 is 27.4 Å². The lowest BCUT2D eigenvalue weighted by Crippen LogP contribution is -2.57. The van der Waals surface area contributed by atoms with Crippen LogP contribution in [0.2, 0.25) is 0 Å². The van der Waals surface area contributed by atoms with E-state index in [-0.39, 0.29) is 30.3 Å². The summed E-state index contributed by atoms with van der Waals surface area (Å²) in [6, 6.07) is 1.87. The number of nitrogens with one attached hydrogen (secondary N) is 3. The molecule has 202 valence electrons. The average molecular weight is 526 g/mol. The molecule has 36 heavy (non-hydrogen) atoms.